The average Bonchev–Trinajstić information content (AvgIpc) is 2.46. The van der Waals surface area contributed by atoms with E-state index in [-0.39, 0.29) is 5.91 Å². The van der Waals surface area contributed by atoms with E-state index in [0.717, 1.165) is 13.1 Å². The summed E-state index contributed by atoms with van der Waals surface area (Å²) in [4.78, 5) is 11.7. The maximum Gasteiger partial charge on any atom is 0.220 e. The van der Waals surface area contributed by atoms with Crippen molar-refractivity contribution < 1.29 is 4.79 Å². The van der Waals surface area contributed by atoms with Gasteiger partial charge in [-0.1, -0.05) is 30.3 Å². The molecule has 0 bridgehead atoms. The van der Waals surface area contributed by atoms with Crippen molar-refractivity contribution in [3.05, 3.63) is 35.9 Å². The second-order valence-corrected chi connectivity index (χ2v) is 5.00. The van der Waals surface area contributed by atoms with Crippen molar-refractivity contribution in [1.29, 1.82) is 0 Å². The fourth-order valence-electron chi connectivity index (χ4n) is 2.78. The molecule has 18 heavy (non-hydrogen) atoms. The first-order valence-electron chi connectivity index (χ1n) is 6.77. The average molecular weight is 246 g/mol. The fraction of sp³-hybridized carbons (Fsp3) is 0.533. The third-order valence-corrected chi connectivity index (χ3v) is 3.82. The number of benzene rings is 1. The molecule has 1 saturated heterocycles. The van der Waals surface area contributed by atoms with Crippen molar-refractivity contribution in [2.24, 2.45) is 5.92 Å². The van der Waals surface area contributed by atoms with Crippen LogP contribution in [0.2, 0.25) is 0 Å². The van der Waals surface area contributed by atoms with E-state index in [1.807, 2.05) is 6.07 Å². The smallest absolute Gasteiger partial charge is 0.220 e. The summed E-state index contributed by atoms with van der Waals surface area (Å²) in [6, 6.07) is 10.4. The van der Waals surface area contributed by atoms with Crippen LogP contribution in [0.4, 0.5) is 0 Å². The Labute approximate surface area is 109 Å². The quantitative estimate of drug-likeness (QED) is 0.852. The van der Waals surface area contributed by atoms with Crippen LogP contribution >= 0.6 is 0 Å². The summed E-state index contributed by atoms with van der Waals surface area (Å²) in [6.45, 7) is 2.13. The molecule has 0 aromatic heterocycles. The van der Waals surface area contributed by atoms with Crippen molar-refractivity contribution in [2.75, 3.05) is 20.1 Å². The van der Waals surface area contributed by atoms with E-state index in [9.17, 15) is 4.79 Å². The molecule has 0 aliphatic carbocycles. The second kappa shape index (κ2) is 6.55. The van der Waals surface area contributed by atoms with Gasteiger partial charge in [0.05, 0.1) is 0 Å². The predicted molar refractivity (Wildman–Crippen MR) is 73.5 cm³/mol. The molecule has 0 radical (unpaired) electrons. The fourth-order valence-corrected chi connectivity index (χ4v) is 2.78. The molecule has 0 unspecified atom stereocenters. The zero-order valence-corrected chi connectivity index (χ0v) is 11.0. The molecule has 3 heteroatoms. The molecule has 1 aromatic rings. The maximum absolute atomic E-state index is 11.7. The monoisotopic (exact) mass is 246 g/mol. The highest BCUT2D eigenvalue weighted by Crippen LogP contribution is 2.32. The Balaban J connectivity index is 2.14. The summed E-state index contributed by atoms with van der Waals surface area (Å²) >= 11 is 0. The number of amides is 1. The van der Waals surface area contributed by atoms with Crippen LogP contribution in [0.3, 0.4) is 0 Å². The normalized spacial score (nSPS) is 21.3. The molecule has 1 aliphatic rings. The lowest BCUT2D eigenvalue weighted by atomic mass is 9.79. The maximum atomic E-state index is 11.7. The zero-order valence-electron chi connectivity index (χ0n) is 11.0. The van der Waals surface area contributed by atoms with Crippen LogP contribution in [0.1, 0.15) is 30.7 Å². The highest BCUT2D eigenvalue weighted by Gasteiger charge is 2.26. The van der Waals surface area contributed by atoms with Crippen molar-refractivity contribution in [3.63, 3.8) is 0 Å². The molecule has 2 atom stereocenters. The van der Waals surface area contributed by atoms with E-state index in [4.69, 9.17) is 0 Å². The minimum Gasteiger partial charge on any atom is -0.359 e. The predicted octanol–water partition coefficient (Wildman–Crippen LogP) is 1.91. The van der Waals surface area contributed by atoms with Crippen molar-refractivity contribution in [3.8, 4) is 0 Å². The number of rotatable bonds is 4. The van der Waals surface area contributed by atoms with E-state index in [1.54, 1.807) is 7.05 Å². The molecule has 1 fully saturated rings. The van der Waals surface area contributed by atoms with Gasteiger partial charge in [0, 0.05) is 13.5 Å². The number of hydrogen-bond acceptors (Lipinski definition) is 2. The lowest BCUT2D eigenvalue weighted by molar-refractivity contribution is -0.121. The highest BCUT2D eigenvalue weighted by atomic mass is 16.1. The summed E-state index contributed by atoms with van der Waals surface area (Å²) in [5, 5.41) is 6.19. The SMILES string of the molecule is CNC(=O)C[C@H](c1ccccc1)[C@@H]1CCCNC1. The summed E-state index contributed by atoms with van der Waals surface area (Å²) < 4.78 is 0. The number of nitrogens with one attached hydrogen (secondary N) is 2. The molecule has 2 N–H and O–H groups in total. The molecule has 1 heterocycles. The summed E-state index contributed by atoms with van der Waals surface area (Å²) in [5.41, 5.74) is 1.29. The van der Waals surface area contributed by atoms with Gasteiger partial charge in [0.2, 0.25) is 5.91 Å². The van der Waals surface area contributed by atoms with E-state index in [0.29, 0.717) is 18.3 Å². The van der Waals surface area contributed by atoms with Crippen LogP contribution in [0, 0.1) is 5.92 Å². The lowest BCUT2D eigenvalue weighted by Crippen LogP contribution is -2.35. The largest absolute Gasteiger partial charge is 0.359 e. The summed E-state index contributed by atoms with van der Waals surface area (Å²) in [5.74, 6) is 1.03. The third kappa shape index (κ3) is 3.33. The minimum absolute atomic E-state index is 0.134. The Kier molecular flexibility index (Phi) is 4.76. The number of piperidine rings is 1. The summed E-state index contributed by atoms with van der Waals surface area (Å²) in [6.07, 6.45) is 3.01. The van der Waals surface area contributed by atoms with Crippen molar-refractivity contribution in [1.82, 2.24) is 10.6 Å². The van der Waals surface area contributed by atoms with Crippen LogP contribution in [-0.2, 0) is 4.79 Å². The van der Waals surface area contributed by atoms with Crippen molar-refractivity contribution >= 4 is 5.91 Å². The standard InChI is InChI=1S/C15H22N2O/c1-16-15(18)10-14(12-6-3-2-4-7-12)13-8-5-9-17-11-13/h2-4,6-7,13-14,17H,5,8-11H2,1H3,(H,16,18)/t13-,14-/m1/s1. The first-order chi connectivity index (χ1) is 8.81. The van der Waals surface area contributed by atoms with Gasteiger partial charge in [-0.3, -0.25) is 4.79 Å². The zero-order chi connectivity index (χ0) is 12.8. The Morgan fingerprint density at radius 1 is 1.44 bits per heavy atom. The second-order valence-electron chi connectivity index (χ2n) is 5.00. The molecular formula is C15H22N2O. The molecular weight excluding hydrogens is 224 g/mol. The molecule has 1 aliphatic heterocycles. The number of carbonyl (C=O) groups is 1. The highest BCUT2D eigenvalue weighted by molar-refractivity contribution is 5.76. The molecule has 1 amide bonds. The first kappa shape index (κ1) is 13.1. The van der Waals surface area contributed by atoms with E-state index < -0.39 is 0 Å². The minimum atomic E-state index is 0.134. The van der Waals surface area contributed by atoms with Gasteiger partial charge in [-0.05, 0) is 43.3 Å². The first-order valence-corrected chi connectivity index (χ1v) is 6.77. The Morgan fingerprint density at radius 3 is 2.83 bits per heavy atom. The topological polar surface area (TPSA) is 41.1 Å². The lowest BCUT2D eigenvalue weighted by Gasteiger charge is -2.30. The van der Waals surface area contributed by atoms with Gasteiger partial charge >= 0.3 is 0 Å². The van der Waals surface area contributed by atoms with Crippen molar-refractivity contribution in [2.45, 2.75) is 25.2 Å². The Hall–Kier alpha value is -1.35. The van der Waals surface area contributed by atoms with Gasteiger partial charge in [0.15, 0.2) is 0 Å². The van der Waals surface area contributed by atoms with Gasteiger partial charge in [0.25, 0.3) is 0 Å². The van der Waals surface area contributed by atoms with E-state index in [2.05, 4.69) is 34.9 Å². The third-order valence-electron chi connectivity index (χ3n) is 3.82. The Morgan fingerprint density at radius 2 is 2.22 bits per heavy atom. The molecule has 0 spiro atoms. The number of carbonyl (C=O) groups excluding carboxylic acids is 1. The molecule has 1 aromatic carbocycles. The van der Waals surface area contributed by atoms with Gasteiger partial charge in [0.1, 0.15) is 0 Å². The van der Waals surface area contributed by atoms with Crippen LogP contribution in [0.5, 0.6) is 0 Å². The van der Waals surface area contributed by atoms with E-state index in [1.165, 1.54) is 18.4 Å². The summed E-state index contributed by atoms with van der Waals surface area (Å²) in [7, 11) is 1.71. The molecule has 2 rings (SSSR count). The van der Waals surface area contributed by atoms with Crippen LogP contribution in [-0.4, -0.2) is 26.0 Å². The molecule has 3 nitrogen and oxygen atoms in total. The van der Waals surface area contributed by atoms with Crippen LogP contribution < -0.4 is 10.6 Å². The number of hydrogen-bond donors (Lipinski definition) is 2. The van der Waals surface area contributed by atoms with Crippen LogP contribution in [0.15, 0.2) is 30.3 Å². The van der Waals surface area contributed by atoms with Gasteiger partial charge < -0.3 is 10.6 Å². The molecule has 0 saturated carbocycles. The van der Waals surface area contributed by atoms with Gasteiger partial charge in [-0.15, -0.1) is 0 Å². The van der Waals surface area contributed by atoms with E-state index >= 15 is 0 Å². The van der Waals surface area contributed by atoms with Gasteiger partial charge in [-0.2, -0.15) is 0 Å². The van der Waals surface area contributed by atoms with Crippen LogP contribution in [0.25, 0.3) is 0 Å². The van der Waals surface area contributed by atoms with Gasteiger partial charge in [-0.25, -0.2) is 0 Å². The Bertz CT molecular complexity index is 371. The molecule has 98 valence electrons.